The van der Waals surface area contributed by atoms with Gasteiger partial charge in [-0.2, -0.15) is 13.2 Å². The Morgan fingerprint density at radius 3 is 2.61 bits per heavy atom. The molecule has 0 aliphatic carbocycles. The topological polar surface area (TPSA) is 39.4 Å². The number of hydrogen-bond acceptors (Lipinski definition) is 3. The van der Waals surface area contributed by atoms with Crippen molar-refractivity contribution in [2.45, 2.75) is 13.1 Å². The maximum Gasteiger partial charge on any atom is 0.417 e. The van der Waals surface area contributed by atoms with Gasteiger partial charge in [-0.05, 0) is 12.1 Å². The second kappa shape index (κ2) is 4.20. The van der Waals surface area contributed by atoms with Gasteiger partial charge in [0.2, 0.25) is 0 Å². The van der Waals surface area contributed by atoms with Crippen molar-refractivity contribution in [1.29, 1.82) is 0 Å². The molecule has 2 aromatic rings. The van der Waals surface area contributed by atoms with Crippen LogP contribution in [0.15, 0.2) is 22.8 Å². The number of fused-ring (bicyclic) bond motifs is 1. The first-order chi connectivity index (χ1) is 8.30. The van der Waals surface area contributed by atoms with Crippen molar-refractivity contribution in [2.24, 2.45) is 0 Å². The van der Waals surface area contributed by atoms with E-state index in [4.69, 9.17) is 20.8 Å². The minimum absolute atomic E-state index is 0.0353. The van der Waals surface area contributed by atoms with Crippen LogP contribution in [0.5, 0.6) is 5.75 Å². The van der Waals surface area contributed by atoms with Gasteiger partial charge in [-0.1, -0.05) is 11.6 Å². The maximum atomic E-state index is 12.6. The molecule has 0 bridgehead atoms. The molecule has 0 aliphatic heterocycles. The smallest absolute Gasteiger partial charge is 0.417 e. The highest BCUT2D eigenvalue weighted by molar-refractivity contribution is 6.35. The summed E-state index contributed by atoms with van der Waals surface area (Å²) in [5, 5.41) is -0.346. The van der Waals surface area contributed by atoms with E-state index in [1.54, 1.807) is 0 Å². The standard InChI is InChI=1S/C11H6ClF3O3/c1-5(16)18-8-4-17-10-6(8)2-3-7(9(10)12)11(13,14)15/h2-4H,1H3. The second-order valence-electron chi connectivity index (χ2n) is 3.50. The van der Waals surface area contributed by atoms with Gasteiger partial charge in [0.25, 0.3) is 0 Å². The Bertz CT molecular complexity index is 616. The number of ether oxygens (including phenoxy) is 1. The zero-order valence-corrected chi connectivity index (χ0v) is 9.72. The molecule has 0 aliphatic rings. The largest absolute Gasteiger partial charge is 0.459 e. The van der Waals surface area contributed by atoms with E-state index in [9.17, 15) is 18.0 Å². The molecule has 96 valence electrons. The number of hydrogen-bond donors (Lipinski definition) is 0. The molecule has 2 rings (SSSR count). The van der Waals surface area contributed by atoms with E-state index in [2.05, 4.69) is 0 Å². The molecule has 0 fully saturated rings. The molecular weight excluding hydrogens is 273 g/mol. The summed E-state index contributed by atoms with van der Waals surface area (Å²) in [6.45, 7) is 1.17. The number of esters is 1. The first kappa shape index (κ1) is 12.8. The minimum Gasteiger partial charge on any atom is -0.459 e. The van der Waals surface area contributed by atoms with E-state index in [0.717, 1.165) is 18.4 Å². The Hall–Kier alpha value is -1.69. The molecule has 0 atom stereocenters. The van der Waals surface area contributed by atoms with E-state index < -0.39 is 22.7 Å². The number of furan rings is 1. The number of halogens is 4. The van der Waals surface area contributed by atoms with Crippen LogP contribution in [0.25, 0.3) is 11.0 Å². The lowest BCUT2D eigenvalue weighted by atomic mass is 10.1. The molecule has 0 saturated heterocycles. The molecule has 0 N–H and O–H groups in total. The molecule has 0 amide bonds. The van der Waals surface area contributed by atoms with Crippen LogP contribution in [-0.4, -0.2) is 5.97 Å². The molecule has 18 heavy (non-hydrogen) atoms. The van der Waals surface area contributed by atoms with Crippen molar-refractivity contribution in [1.82, 2.24) is 0 Å². The summed E-state index contributed by atoms with van der Waals surface area (Å²) in [6, 6.07) is 1.96. The number of benzene rings is 1. The Labute approximate surface area is 104 Å². The molecule has 1 heterocycles. The number of alkyl halides is 3. The Morgan fingerprint density at radius 2 is 2.06 bits per heavy atom. The average molecular weight is 279 g/mol. The molecule has 3 nitrogen and oxygen atoms in total. The SMILES string of the molecule is CC(=O)Oc1coc2c(Cl)c(C(F)(F)F)ccc12. The molecule has 0 saturated carbocycles. The van der Waals surface area contributed by atoms with Gasteiger partial charge in [-0.15, -0.1) is 0 Å². The Kier molecular flexibility index (Phi) is 2.98. The summed E-state index contributed by atoms with van der Waals surface area (Å²) in [7, 11) is 0. The average Bonchev–Trinajstić information content (AvgIpc) is 2.60. The van der Waals surface area contributed by atoms with Crippen LogP contribution in [0.2, 0.25) is 5.02 Å². The first-order valence-electron chi connectivity index (χ1n) is 4.76. The van der Waals surface area contributed by atoms with Gasteiger partial charge in [-0.25, -0.2) is 0 Å². The second-order valence-corrected chi connectivity index (χ2v) is 3.87. The van der Waals surface area contributed by atoms with Crippen molar-refractivity contribution in [2.75, 3.05) is 0 Å². The summed E-state index contributed by atoms with van der Waals surface area (Å²) in [4.78, 5) is 10.8. The quantitative estimate of drug-likeness (QED) is 0.739. The molecule has 0 radical (unpaired) electrons. The van der Waals surface area contributed by atoms with E-state index in [0.29, 0.717) is 0 Å². The molecule has 0 unspecified atom stereocenters. The fourth-order valence-corrected chi connectivity index (χ4v) is 1.81. The lowest BCUT2D eigenvalue weighted by Gasteiger charge is -2.08. The monoisotopic (exact) mass is 278 g/mol. The van der Waals surface area contributed by atoms with Crippen LogP contribution >= 0.6 is 11.6 Å². The van der Waals surface area contributed by atoms with Gasteiger partial charge >= 0.3 is 12.1 Å². The highest BCUT2D eigenvalue weighted by Gasteiger charge is 2.34. The highest BCUT2D eigenvalue weighted by Crippen LogP contribution is 2.41. The molecule has 1 aromatic carbocycles. The van der Waals surface area contributed by atoms with Gasteiger partial charge in [0.1, 0.15) is 6.26 Å². The number of rotatable bonds is 1. The Morgan fingerprint density at radius 1 is 1.39 bits per heavy atom. The third-order valence-corrected chi connectivity index (χ3v) is 2.58. The van der Waals surface area contributed by atoms with E-state index in [-0.39, 0.29) is 16.7 Å². The predicted octanol–water partition coefficient (Wildman–Crippen LogP) is 4.03. The molecule has 0 spiro atoms. The van der Waals surface area contributed by atoms with Crippen LogP contribution in [-0.2, 0) is 11.0 Å². The van der Waals surface area contributed by atoms with Gasteiger partial charge < -0.3 is 9.15 Å². The van der Waals surface area contributed by atoms with Crippen molar-refractivity contribution >= 4 is 28.5 Å². The normalized spacial score (nSPS) is 11.8. The zero-order chi connectivity index (χ0) is 13.5. The summed E-state index contributed by atoms with van der Waals surface area (Å²) < 4.78 is 47.4. The van der Waals surface area contributed by atoms with E-state index in [1.807, 2.05) is 0 Å². The highest BCUT2D eigenvalue weighted by atomic mass is 35.5. The first-order valence-corrected chi connectivity index (χ1v) is 5.14. The fourth-order valence-electron chi connectivity index (χ4n) is 1.49. The zero-order valence-electron chi connectivity index (χ0n) is 8.97. The minimum atomic E-state index is -4.57. The van der Waals surface area contributed by atoms with Crippen molar-refractivity contribution < 1.29 is 27.1 Å². The van der Waals surface area contributed by atoms with Gasteiger partial charge in [0.05, 0.1) is 16.0 Å². The van der Waals surface area contributed by atoms with Crippen molar-refractivity contribution in [3.8, 4) is 5.75 Å². The lowest BCUT2D eigenvalue weighted by Crippen LogP contribution is -2.05. The van der Waals surface area contributed by atoms with E-state index in [1.165, 1.54) is 6.92 Å². The maximum absolute atomic E-state index is 12.6. The van der Waals surface area contributed by atoms with Gasteiger partial charge in [-0.3, -0.25) is 4.79 Å². The lowest BCUT2D eigenvalue weighted by molar-refractivity contribution is -0.137. The van der Waals surface area contributed by atoms with Crippen LogP contribution in [0, 0.1) is 0 Å². The van der Waals surface area contributed by atoms with Crippen LogP contribution in [0.1, 0.15) is 12.5 Å². The van der Waals surface area contributed by atoms with Crippen LogP contribution < -0.4 is 4.74 Å². The Balaban J connectivity index is 2.61. The van der Waals surface area contributed by atoms with E-state index >= 15 is 0 Å². The van der Waals surface area contributed by atoms with Crippen LogP contribution in [0.4, 0.5) is 13.2 Å². The van der Waals surface area contributed by atoms with Gasteiger partial charge in [0, 0.05) is 6.92 Å². The third kappa shape index (κ3) is 2.15. The van der Waals surface area contributed by atoms with Gasteiger partial charge in [0.15, 0.2) is 11.3 Å². The summed E-state index contributed by atoms with van der Waals surface area (Å²) in [5.74, 6) is -0.568. The van der Waals surface area contributed by atoms with Crippen molar-refractivity contribution in [3.05, 3.63) is 29.0 Å². The molecule has 1 aromatic heterocycles. The van der Waals surface area contributed by atoms with Crippen molar-refractivity contribution in [3.63, 3.8) is 0 Å². The third-order valence-electron chi connectivity index (χ3n) is 2.21. The number of carbonyl (C=O) groups is 1. The van der Waals surface area contributed by atoms with Crippen LogP contribution in [0.3, 0.4) is 0 Å². The molecule has 7 heteroatoms. The summed E-state index contributed by atoms with van der Waals surface area (Å²) >= 11 is 5.62. The summed E-state index contributed by atoms with van der Waals surface area (Å²) in [6.07, 6.45) is -3.53. The predicted molar refractivity (Wildman–Crippen MR) is 57.5 cm³/mol. The fraction of sp³-hybridized carbons (Fsp3) is 0.182. The number of carbonyl (C=O) groups excluding carboxylic acids is 1. The molecular formula is C11H6ClF3O3. The summed E-state index contributed by atoms with van der Waals surface area (Å²) in [5.41, 5.74) is -1.16.